The van der Waals surface area contributed by atoms with Gasteiger partial charge in [-0.3, -0.25) is 0 Å². The van der Waals surface area contributed by atoms with Crippen LogP contribution in [0.15, 0.2) is 29.3 Å². The summed E-state index contributed by atoms with van der Waals surface area (Å²) in [7, 11) is -3.08. The Labute approximate surface area is 184 Å². The van der Waals surface area contributed by atoms with Gasteiger partial charge < -0.3 is 15.0 Å². The number of halogens is 2. The Morgan fingerprint density at radius 1 is 1.37 bits per heavy atom. The molecule has 1 unspecified atom stereocenters. The molecule has 9 heteroatoms. The van der Waals surface area contributed by atoms with Crippen molar-refractivity contribution in [2.45, 2.75) is 38.5 Å². The van der Waals surface area contributed by atoms with Gasteiger partial charge in [0.2, 0.25) is 0 Å². The number of rotatable bonds is 5. The molecule has 0 radical (unpaired) electrons. The minimum Gasteiger partial charge on any atom is -0.489 e. The summed E-state index contributed by atoms with van der Waals surface area (Å²) < 4.78 is 29.5. The number of nitrogens with zero attached hydrogens (tertiary/aromatic N) is 2. The summed E-state index contributed by atoms with van der Waals surface area (Å²) in [6.07, 6.45) is -0.119. The summed E-state index contributed by atoms with van der Waals surface area (Å²) in [6.45, 7) is 9.54. The van der Waals surface area contributed by atoms with Gasteiger partial charge in [-0.05, 0) is 52.0 Å². The molecule has 1 aromatic rings. The third kappa shape index (κ3) is 6.67. The van der Waals surface area contributed by atoms with E-state index >= 15 is 0 Å². The third-order valence-corrected chi connectivity index (χ3v) is 7.11. The molecule has 0 bridgehead atoms. The Morgan fingerprint density at radius 3 is 2.56 bits per heavy atom. The number of benzene rings is 1. The highest BCUT2D eigenvalue weighted by Crippen LogP contribution is 2.23. The summed E-state index contributed by atoms with van der Waals surface area (Å²) in [6, 6.07) is 7.22. The van der Waals surface area contributed by atoms with Crippen molar-refractivity contribution in [1.29, 1.82) is 0 Å². The number of hydrogen-bond donors (Lipinski definition) is 1. The van der Waals surface area contributed by atoms with Crippen LogP contribution in [0, 0.1) is 0 Å². The number of hydrogen-bond acceptors (Lipinski definition) is 4. The highest BCUT2D eigenvalue weighted by Gasteiger charge is 2.40. The zero-order valence-corrected chi connectivity index (χ0v) is 20.1. The van der Waals surface area contributed by atoms with Gasteiger partial charge in [0.1, 0.15) is 11.9 Å². The fourth-order valence-corrected chi connectivity index (χ4v) is 4.24. The van der Waals surface area contributed by atoms with Crippen LogP contribution in [0.25, 0.3) is 0 Å². The van der Waals surface area contributed by atoms with Crippen molar-refractivity contribution in [2.75, 3.05) is 31.9 Å². The highest BCUT2D eigenvalue weighted by molar-refractivity contribution is 14.0. The van der Waals surface area contributed by atoms with Gasteiger partial charge in [0.05, 0.1) is 17.0 Å². The third-order valence-electron chi connectivity index (χ3n) is 4.33. The number of guanidine groups is 1. The average Bonchev–Trinajstić information content (AvgIpc) is 2.56. The molecule has 1 aliphatic heterocycles. The molecular formula is C18H29ClIN3O3S. The standard InChI is InChI=1S/C18H28ClN3O3S.HI/c1-5-20-17(22-10-11-26(23,24)18(3,4)13-22)21-12-14(2)25-16-8-6-15(19)7-9-16;/h6-9,14H,5,10-13H2,1-4H3,(H,20,21);1H. The first kappa shape index (κ1) is 24.3. The summed E-state index contributed by atoms with van der Waals surface area (Å²) >= 11 is 5.88. The van der Waals surface area contributed by atoms with Crippen LogP contribution in [0.5, 0.6) is 5.75 Å². The number of aliphatic imine (C=N–C) groups is 1. The molecule has 1 heterocycles. The second-order valence-electron chi connectivity index (χ2n) is 7.08. The largest absolute Gasteiger partial charge is 0.489 e. The van der Waals surface area contributed by atoms with Gasteiger partial charge in [0.25, 0.3) is 0 Å². The Balaban J connectivity index is 0.00000364. The van der Waals surface area contributed by atoms with Crippen LogP contribution in [0.1, 0.15) is 27.7 Å². The summed E-state index contributed by atoms with van der Waals surface area (Å²) in [5, 5.41) is 3.92. The van der Waals surface area contributed by atoms with Crippen LogP contribution >= 0.6 is 35.6 Å². The Morgan fingerprint density at radius 2 is 2.00 bits per heavy atom. The maximum absolute atomic E-state index is 12.2. The van der Waals surface area contributed by atoms with Crippen LogP contribution in [0.4, 0.5) is 0 Å². The van der Waals surface area contributed by atoms with E-state index in [1.54, 1.807) is 26.0 Å². The van der Waals surface area contributed by atoms with Gasteiger partial charge in [-0.1, -0.05) is 11.6 Å². The molecule has 1 atom stereocenters. The topological polar surface area (TPSA) is 71.0 Å². The van der Waals surface area contributed by atoms with Gasteiger partial charge in [0.15, 0.2) is 15.8 Å². The average molecular weight is 530 g/mol. The SMILES string of the molecule is CCNC(=NCC(C)Oc1ccc(Cl)cc1)N1CCS(=O)(=O)C(C)(C)C1.I. The van der Waals surface area contributed by atoms with Crippen LogP contribution in [0.2, 0.25) is 5.02 Å². The van der Waals surface area contributed by atoms with Crippen LogP contribution < -0.4 is 10.1 Å². The van der Waals surface area contributed by atoms with Crippen LogP contribution in [-0.2, 0) is 9.84 Å². The molecule has 0 saturated carbocycles. The summed E-state index contributed by atoms with van der Waals surface area (Å²) in [4.78, 5) is 6.66. The van der Waals surface area contributed by atoms with Crippen molar-refractivity contribution < 1.29 is 13.2 Å². The molecule has 1 N–H and O–H groups in total. The minimum atomic E-state index is -3.08. The van der Waals surface area contributed by atoms with E-state index in [0.29, 0.717) is 24.7 Å². The lowest BCUT2D eigenvalue weighted by molar-refractivity contribution is 0.229. The van der Waals surface area contributed by atoms with E-state index < -0.39 is 14.6 Å². The first-order chi connectivity index (χ1) is 12.1. The van der Waals surface area contributed by atoms with Gasteiger partial charge in [-0.25, -0.2) is 13.4 Å². The van der Waals surface area contributed by atoms with Crippen LogP contribution in [0.3, 0.4) is 0 Å². The number of ether oxygens (including phenoxy) is 1. The number of sulfone groups is 1. The molecule has 1 aromatic carbocycles. The monoisotopic (exact) mass is 529 g/mol. The molecule has 154 valence electrons. The smallest absolute Gasteiger partial charge is 0.194 e. The zero-order chi connectivity index (χ0) is 19.4. The molecule has 1 aliphatic rings. The van der Waals surface area contributed by atoms with Crippen molar-refractivity contribution in [2.24, 2.45) is 4.99 Å². The van der Waals surface area contributed by atoms with E-state index in [0.717, 1.165) is 18.3 Å². The molecular weight excluding hydrogens is 501 g/mol. The van der Waals surface area contributed by atoms with E-state index in [4.69, 9.17) is 16.3 Å². The van der Waals surface area contributed by atoms with E-state index in [1.165, 1.54) is 0 Å². The molecule has 0 aromatic heterocycles. The lowest BCUT2D eigenvalue weighted by Crippen LogP contribution is -2.57. The van der Waals surface area contributed by atoms with Gasteiger partial charge in [-0.15, -0.1) is 24.0 Å². The normalized spacial score (nSPS) is 19.7. The molecule has 6 nitrogen and oxygen atoms in total. The van der Waals surface area contributed by atoms with Crippen molar-refractivity contribution in [3.63, 3.8) is 0 Å². The first-order valence-electron chi connectivity index (χ1n) is 8.82. The molecule has 1 fully saturated rings. The van der Waals surface area contributed by atoms with Crippen LogP contribution in [-0.4, -0.2) is 62.1 Å². The van der Waals surface area contributed by atoms with Crippen molar-refractivity contribution in [3.05, 3.63) is 29.3 Å². The summed E-state index contributed by atoms with van der Waals surface area (Å²) in [5.74, 6) is 1.61. The predicted octanol–water partition coefficient (Wildman–Crippen LogP) is 3.20. The van der Waals surface area contributed by atoms with Gasteiger partial charge in [0, 0.05) is 24.7 Å². The Hall–Kier alpha value is -0.740. The molecule has 2 rings (SSSR count). The molecule has 0 amide bonds. The maximum Gasteiger partial charge on any atom is 0.194 e. The lowest BCUT2D eigenvalue weighted by Gasteiger charge is -2.39. The Kier molecular flexibility index (Phi) is 9.14. The van der Waals surface area contributed by atoms with Gasteiger partial charge >= 0.3 is 0 Å². The van der Waals surface area contributed by atoms with Gasteiger partial charge in [-0.2, -0.15) is 0 Å². The van der Waals surface area contributed by atoms with E-state index in [-0.39, 0.29) is 35.8 Å². The quantitative estimate of drug-likeness (QED) is 0.360. The zero-order valence-electron chi connectivity index (χ0n) is 16.2. The summed E-state index contributed by atoms with van der Waals surface area (Å²) in [5.41, 5.74) is 0. The van der Waals surface area contributed by atoms with Crippen molar-refractivity contribution in [1.82, 2.24) is 10.2 Å². The molecule has 0 aliphatic carbocycles. The first-order valence-corrected chi connectivity index (χ1v) is 10.9. The molecule has 1 saturated heterocycles. The van der Waals surface area contributed by atoms with E-state index in [9.17, 15) is 8.42 Å². The highest BCUT2D eigenvalue weighted by atomic mass is 127. The fraction of sp³-hybridized carbons (Fsp3) is 0.611. The Bertz CT molecular complexity index is 739. The molecule has 0 spiro atoms. The lowest BCUT2D eigenvalue weighted by atomic mass is 10.2. The van der Waals surface area contributed by atoms with E-state index in [1.807, 2.05) is 30.9 Å². The maximum atomic E-state index is 12.2. The second kappa shape index (κ2) is 10.2. The minimum absolute atomic E-state index is 0. The van der Waals surface area contributed by atoms with Crippen molar-refractivity contribution >= 4 is 51.4 Å². The fourth-order valence-electron chi connectivity index (χ4n) is 2.75. The van der Waals surface area contributed by atoms with E-state index in [2.05, 4.69) is 10.3 Å². The number of nitrogens with one attached hydrogen (secondary N) is 1. The predicted molar refractivity (Wildman–Crippen MR) is 122 cm³/mol. The molecule has 27 heavy (non-hydrogen) atoms. The second-order valence-corrected chi connectivity index (χ2v) is 10.3. The van der Waals surface area contributed by atoms with Crippen molar-refractivity contribution in [3.8, 4) is 5.75 Å².